The Balaban J connectivity index is 2.91. The Morgan fingerprint density at radius 1 is 1.50 bits per heavy atom. The summed E-state index contributed by atoms with van der Waals surface area (Å²) in [6.45, 7) is 1.61. The molecule has 0 unspecified atom stereocenters. The molecule has 8 heteroatoms. The number of carboxylic acid groups (broad SMARTS) is 1. The summed E-state index contributed by atoms with van der Waals surface area (Å²) in [6, 6.07) is 2.47. The molecule has 0 atom stereocenters. The van der Waals surface area contributed by atoms with E-state index in [1.54, 1.807) is 6.92 Å². The Hall–Kier alpha value is -1.15. The van der Waals surface area contributed by atoms with E-state index < -0.39 is 34.0 Å². The van der Waals surface area contributed by atoms with Crippen LogP contribution in [0.15, 0.2) is 16.6 Å². The Morgan fingerprint density at radius 2 is 2.11 bits per heavy atom. The molecule has 5 nitrogen and oxygen atoms in total. The molecule has 0 saturated carbocycles. The molecule has 0 aliphatic heterocycles. The Bertz CT molecular complexity index is 573. The second-order valence-electron chi connectivity index (χ2n) is 3.65. The zero-order valence-corrected chi connectivity index (χ0v) is 11.8. The fourth-order valence-corrected chi connectivity index (χ4v) is 2.75. The minimum absolute atomic E-state index is 0.0982. The van der Waals surface area contributed by atoms with Crippen LogP contribution in [-0.2, 0) is 14.8 Å². The van der Waals surface area contributed by atoms with Gasteiger partial charge in [-0.15, -0.1) is 0 Å². The van der Waals surface area contributed by atoms with Crippen molar-refractivity contribution in [3.05, 3.63) is 28.0 Å². The summed E-state index contributed by atoms with van der Waals surface area (Å²) < 4.78 is 38.7. The number of benzene rings is 1. The molecule has 0 aromatic heterocycles. The summed E-state index contributed by atoms with van der Waals surface area (Å²) in [5, 5.41) is 8.42. The SMILES string of the molecule is Cc1cc(Br)c(F)cc1NS(=O)(=O)CCC(=O)O. The largest absolute Gasteiger partial charge is 0.481 e. The summed E-state index contributed by atoms with van der Waals surface area (Å²) in [6.07, 6.45) is -0.507. The van der Waals surface area contributed by atoms with Gasteiger partial charge in [-0.25, -0.2) is 12.8 Å². The number of hydrogen-bond donors (Lipinski definition) is 2. The van der Waals surface area contributed by atoms with Crippen molar-refractivity contribution < 1.29 is 22.7 Å². The van der Waals surface area contributed by atoms with Crippen LogP contribution in [0.4, 0.5) is 10.1 Å². The van der Waals surface area contributed by atoms with E-state index in [1.807, 2.05) is 0 Å². The summed E-state index contributed by atoms with van der Waals surface area (Å²) >= 11 is 2.98. The van der Waals surface area contributed by atoms with Crippen LogP contribution in [0.2, 0.25) is 0 Å². The lowest BCUT2D eigenvalue weighted by Crippen LogP contribution is -2.19. The van der Waals surface area contributed by atoms with E-state index in [-0.39, 0.29) is 10.2 Å². The normalized spacial score (nSPS) is 11.3. The fourth-order valence-electron chi connectivity index (χ4n) is 1.20. The highest BCUT2D eigenvalue weighted by molar-refractivity contribution is 9.10. The highest BCUT2D eigenvalue weighted by Gasteiger charge is 2.15. The number of aryl methyl sites for hydroxylation is 1. The van der Waals surface area contributed by atoms with E-state index in [0.29, 0.717) is 5.56 Å². The molecule has 1 aromatic carbocycles. The second kappa shape index (κ2) is 5.66. The van der Waals surface area contributed by atoms with E-state index in [9.17, 15) is 17.6 Å². The molecule has 1 rings (SSSR count). The Morgan fingerprint density at radius 3 is 2.67 bits per heavy atom. The minimum atomic E-state index is -3.79. The molecule has 0 aliphatic carbocycles. The van der Waals surface area contributed by atoms with E-state index in [2.05, 4.69) is 20.7 Å². The van der Waals surface area contributed by atoms with E-state index in [0.717, 1.165) is 6.07 Å². The van der Waals surface area contributed by atoms with Crippen LogP contribution in [0, 0.1) is 12.7 Å². The molecule has 1 aromatic rings. The number of nitrogens with one attached hydrogen (secondary N) is 1. The lowest BCUT2D eigenvalue weighted by Gasteiger charge is -2.10. The standard InChI is InChI=1S/C10H11BrFNO4S/c1-6-4-7(11)8(12)5-9(6)13-18(16,17)3-2-10(14)15/h4-5,13H,2-3H2,1H3,(H,14,15). The molecular weight excluding hydrogens is 329 g/mol. The van der Waals surface area contributed by atoms with Crippen LogP contribution >= 0.6 is 15.9 Å². The van der Waals surface area contributed by atoms with E-state index in [1.165, 1.54) is 6.07 Å². The van der Waals surface area contributed by atoms with Crippen LogP contribution < -0.4 is 4.72 Å². The highest BCUT2D eigenvalue weighted by Crippen LogP contribution is 2.24. The number of halogens is 2. The maximum absolute atomic E-state index is 13.3. The van der Waals surface area contributed by atoms with E-state index >= 15 is 0 Å². The van der Waals surface area contributed by atoms with Gasteiger partial charge >= 0.3 is 5.97 Å². The van der Waals surface area contributed by atoms with Gasteiger partial charge in [-0.2, -0.15) is 0 Å². The monoisotopic (exact) mass is 339 g/mol. The van der Waals surface area contributed by atoms with Gasteiger partial charge in [-0.3, -0.25) is 9.52 Å². The van der Waals surface area contributed by atoms with Crippen LogP contribution in [-0.4, -0.2) is 25.2 Å². The van der Waals surface area contributed by atoms with Crippen LogP contribution in [0.5, 0.6) is 0 Å². The lowest BCUT2D eigenvalue weighted by atomic mass is 10.2. The molecule has 0 saturated heterocycles. The highest BCUT2D eigenvalue weighted by atomic mass is 79.9. The average Bonchev–Trinajstić information content (AvgIpc) is 2.23. The van der Waals surface area contributed by atoms with Crippen molar-refractivity contribution >= 4 is 37.6 Å². The van der Waals surface area contributed by atoms with Gasteiger partial charge in [0.1, 0.15) is 5.82 Å². The summed E-state index contributed by atoms with van der Waals surface area (Å²) in [5.41, 5.74) is 0.628. The fraction of sp³-hybridized carbons (Fsp3) is 0.300. The van der Waals surface area contributed by atoms with Gasteiger partial charge in [0.05, 0.1) is 22.3 Å². The molecule has 0 bridgehead atoms. The van der Waals surface area contributed by atoms with Crippen molar-refractivity contribution in [2.45, 2.75) is 13.3 Å². The summed E-state index contributed by atoms with van der Waals surface area (Å²) in [5.74, 6) is -2.37. The zero-order valence-electron chi connectivity index (χ0n) is 9.41. The average molecular weight is 340 g/mol. The predicted molar refractivity (Wildman–Crippen MR) is 68.5 cm³/mol. The molecule has 0 radical (unpaired) electrons. The van der Waals surface area contributed by atoms with Crippen molar-refractivity contribution in [2.24, 2.45) is 0 Å². The van der Waals surface area contributed by atoms with Gasteiger partial charge in [0.15, 0.2) is 0 Å². The lowest BCUT2D eigenvalue weighted by molar-refractivity contribution is -0.136. The molecule has 100 valence electrons. The Labute approximate surface area is 112 Å². The van der Waals surface area contributed by atoms with Crippen LogP contribution in [0.1, 0.15) is 12.0 Å². The van der Waals surface area contributed by atoms with Gasteiger partial charge in [-0.05, 0) is 40.5 Å². The molecular formula is C10H11BrFNO4S. The number of rotatable bonds is 5. The number of hydrogen-bond acceptors (Lipinski definition) is 3. The number of carbonyl (C=O) groups is 1. The minimum Gasteiger partial charge on any atom is -0.481 e. The first kappa shape index (κ1) is 14.9. The summed E-state index contributed by atoms with van der Waals surface area (Å²) in [4.78, 5) is 10.3. The molecule has 0 fully saturated rings. The van der Waals surface area contributed by atoms with Crippen molar-refractivity contribution in [3.63, 3.8) is 0 Å². The molecule has 2 N–H and O–H groups in total. The molecule has 0 amide bonds. The van der Waals surface area contributed by atoms with Gasteiger partial charge in [0, 0.05) is 0 Å². The number of sulfonamides is 1. The molecule has 0 spiro atoms. The van der Waals surface area contributed by atoms with Crippen molar-refractivity contribution in [2.75, 3.05) is 10.5 Å². The zero-order chi connectivity index (χ0) is 13.9. The maximum atomic E-state index is 13.3. The molecule has 0 aliphatic rings. The van der Waals surface area contributed by atoms with Gasteiger partial charge < -0.3 is 5.11 Å². The smallest absolute Gasteiger partial charge is 0.304 e. The van der Waals surface area contributed by atoms with Crippen molar-refractivity contribution in [3.8, 4) is 0 Å². The third kappa shape index (κ3) is 4.26. The Kier molecular flexibility index (Phi) is 4.69. The summed E-state index contributed by atoms with van der Waals surface area (Å²) in [7, 11) is -3.79. The predicted octanol–water partition coefficient (Wildman–Crippen LogP) is 2.11. The van der Waals surface area contributed by atoms with Gasteiger partial charge in [0.2, 0.25) is 10.0 Å². The first-order chi connectivity index (χ1) is 8.21. The van der Waals surface area contributed by atoms with Crippen molar-refractivity contribution in [1.82, 2.24) is 0 Å². The maximum Gasteiger partial charge on any atom is 0.304 e. The van der Waals surface area contributed by atoms with E-state index in [4.69, 9.17) is 5.11 Å². The first-order valence-corrected chi connectivity index (χ1v) is 7.34. The third-order valence-corrected chi connectivity index (χ3v) is 4.00. The molecule has 0 heterocycles. The van der Waals surface area contributed by atoms with Gasteiger partial charge in [-0.1, -0.05) is 0 Å². The number of carboxylic acids is 1. The van der Waals surface area contributed by atoms with Crippen LogP contribution in [0.25, 0.3) is 0 Å². The topological polar surface area (TPSA) is 83.5 Å². The third-order valence-electron chi connectivity index (χ3n) is 2.12. The molecule has 18 heavy (non-hydrogen) atoms. The quantitative estimate of drug-likeness (QED) is 0.860. The number of aliphatic carboxylic acids is 1. The first-order valence-electron chi connectivity index (χ1n) is 4.89. The number of anilines is 1. The second-order valence-corrected chi connectivity index (χ2v) is 6.34. The van der Waals surface area contributed by atoms with Gasteiger partial charge in [0.25, 0.3) is 0 Å². The van der Waals surface area contributed by atoms with Crippen molar-refractivity contribution in [1.29, 1.82) is 0 Å². The van der Waals surface area contributed by atoms with Crippen LogP contribution in [0.3, 0.4) is 0 Å².